The Morgan fingerprint density at radius 3 is 2.68 bits per heavy atom. The van der Waals surface area contributed by atoms with Crippen molar-refractivity contribution in [1.82, 2.24) is 19.4 Å². The normalized spacial score (nSPS) is 17.5. The SMILES string of the molecule is Cc1ccc2ccccc2c1N1CCN(CCn2cnc3sc4c(c3c2=O)CCN(C)C4)CC1. The molecule has 1 saturated heterocycles. The maximum Gasteiger partial charge on any atom is 0.262 e. The summed E-state index contributed by atoms with van der Waals surface area (Å²) in [6.07, 6.45) is 2.70. The Kier molecular flexibility index (Phi) is 5.63. The molecular weight excluding hydrogens is 442 g/mol. The van der Waals surface area contributed by atoms with Gasteiger partial charge in [0.25, 0.3) is 5.56 Å². The van der Waals surface area contributed by atoms with Gasteiger partial charge >= 0.3 is 0 Å². The number of thiophene rings is 1. The highest BCUT2D eigenvalue weighted by atomic mass is 32.1. The lowest BCUT2D eigenvalue weighted by atomic mass is 10.0. The third kappa shape index (κ3) is 3.82. The van der Waals surface area contributed by atoms with Crippen molar-refractivity contribution in [3.8, 4) is 0 Å². The van der Waals surface area contributed by atoms with Crippen molar-refractivity contribution in [3.05, 3.63) is 69.1 Å². The molecule has 0 bridgehead atoms. The molecule has 0 N–H and O–H groups in total. The van der Waals surface area contributed by atoms with Crippen LogP contribution in [0.15, 0.2) is 47.5 Å². The van der Waals surface area contributed by atoms with Gasteiger partial charge in [-0.1, -0.05) is 36.4 Å². The van der Waals surface area contributed by atoms with Crippen molar-refractivity contribution >= 4 is 38.0 Å². The molecule has 0 amide bonds. The van der Waals surface area contributed by atoms with Crippen molar-refractivity contribution in [1.29, 1.82) is 0 Å². The first kappa shape index (κ1) is 21.8. The Labute approximate surface area is 204 Å². The molecular formula is C27H31N5OS. The number of piperazine rings is 1. The molecule has 6 nitrogen and oxygen atoms in total. The summed E-state index contributed by atoms with van der Waals surface area (Å²) in [6.45, 7) is 9.75. The van der Waals surface area contributed by atoms with Gasteiger partial charge in [0, 0.05) is 68.3 Å². The van der Waals surface area contributed by atoms with Gasteiger partial charge in [0.1, 0.15) is 4.83 Å². The van der Waals surface area contributed by atoms with E-state index >= 15 is 0 Å². The van der Waals surface area contributed by atoms with Gasteiger partial charge in [-0.3, -0.25) is 14.3 Å². The number of hydrogen-bond donors (Lipinski definition) is 0. The molecule has 0 radical (unpaired) electrons. The summed E-state index contributed by atoms with van der Waals surface area (Å²) in [6, 6.07) is 13.1. The molecule has 0 atom stereocenters. The molecule has 0 unspecified atom stereocenters. The fraction of sp³-hybridized carbons (Fsp3) is 0.407. The molecule has 0 saturated carbocycles. The third-order valence-corrected chi connectivity index (χ3v) is 8.59. The first-order valence-electron chi connectivity index (χ1n) is 12.2. The average Bonchev–Trinajstić information content (AvgIpc) is 3.22. The van der Waals surface area contributed by atoms with Crippen LogP contribution >= 0.6 is 11.3 Å². The van der Waals surface area contributed by atoms with Crippen LogP contribution in [0.5, 0.6) is 0 Å². The number of benzene rings is 2. The van der Waals surface area contributed by atoms with E-state index in [-0.39, 0.29) is 5.56 Å². The van der Waals surface area contributed by atoms with Crippen LogP contribution in [-0.2, 0) is 19.5 Å². The minimum atomic E-state index is 0.136. The summed E-state index contributed by atoms with van der Waals surface area (Å²) >= 11 is 1.69. The monoisotopic (exact) mass is 473 g/mol. The van der Waals surface area contributed by atoms with Crippen LogP contribution in [0.1, 0.15) is 16.0 Å². The molecule has 6 rings (SSSR count). The molecule has 4 aromatic rings. The van der Waals surface area contributed by atoms with Crippen LogP contribution in [0.2, 0.25) is 0 Å². The van der Waals surface area contributed by atoms with Crippen LogP contribution in [0, 0.1) is 6.92 Å². The van der Waals surface area contributed by atoms with Crippen molar-refractivity contribution in [2.45, 2.75) is 26.4 Å². The molecule has 176 valence electrons. The van der Waals surface area contributed by atoms with Crippen molar-refractivity contribution in [2.75, 3.05) is 51.2 Å². The fourth-order valence-electron chi connectivity index (χ4n) is 5.53. The van der Waals surface area contributed by atoms with E-state index in [1.807, 2.05) is 4.57 Å². The Morgan fingerprint density at radius 2 is 1.82 bits per heavy atom. The van der Waals surface area contributed by atoms with E-state index in [4.69, 9.17) is 0 Å². The van der Waals surface area contributed by atoms with Gasteiger partial charge in [0.05, 0.1) is 11.7 Å². The number of fused-ring (bicyclic) bond motifs is 4. The standard InChI is InChI=1S/C27H31N5OS/c1-19-7-8-20-5-3-4-6-21(20)25(19)31-14-11-30(12-15-31)13-16-32-18-28-26-24(27(32)33)22-9-10-29(2)17-23(22)34-26/h3-8,18H,9-17H2,1-2H3. The number of rotatable bonds is 4. The smallest absolute Gasteiger partial charge is 0.262 e. The van der Waals surface area contributed by atoms with Crippen LogP contribution in [0.4, 0.5) is 5.69 Å². The van der Waals surface area contributed by atoms with Crippen molar-refractivity contribution in [3.63, 3.8) is 0 Å². The van der Waals surface area contributed by atoms with Gasteiger partial charge in [0.2, 0.25) is 0 Å². The summed E-state index contributed by atoms with van der Waals surface area (Å²) < 4.78 is 1.83. The second-order valence-electron chi connectivity index (χ2n) is 9.70. The van der Waals surface area contributed by atoms with Crippen molar-refractivity contribution in [2.24, 2.45) is 0 Å². The number of aryl methyl sites for hydroxylation is 1. The van der Waals surface area contributed by atoms with E-state index in [0.29, 0.717) is 6.54 Å². The fourth-order valence-corrected chi connectivity index (χ4v) is 6.79. The maximum absolute atomic E-state index is 13.3. The number of hydrogen-bond acceptors (Lipinski definition) is 6. The Morgan fingerprint density at radius 1 is 1.00 bits per heavy atom. The van der Waals surface area contributed by atoms with E-state index in [9.17, 15) is 4.79 Å². The van der Waals surface area contributed by atoms with E-state index < -0.39 is 0 Å². The van der Waals surface area contributed by atoms with E-state index in [0.717, 1.165) is 62.5 Å². The molecule has 4 heterocycles. The summed E-state index contributed by atoms with van der Waals surface area (Å²) in [5, 5.41) is 3.51. The molecule has 34 heavy (non-hydrogen) atoms. The van der Waals surface area contributed by atoms with Gasteiger partial charge in [-0.2, -0.15) is 0 Å². The minimum Gasteiger partial charge on any atom is -0.368 e. The van der Waals surface area contributed by atoms with Crippen LogP contribution in [-0.4, -0.2) is 65.7 Å². The zero-order valence-electron chi connectivity index (χ0n) is 20.0. The molecule has 2 aliphatic heterocycles. The second kappa shape index (κ2) is 8.80. The minimum absolute atomic E-state index is 0.136. The van der Waals surface area contributed by atoms with Crippen molar-refractivity contribution < 1.29 is 0 Å². The quantitative estimate of drug-likeness (QED) is 0.452. The predicted molar refractivity (Wildman–Crippen MR) is 141 cm³/mol. The zero-order chi connectivity index (χ0) is 23.2. The van der Waals surface area contributed by atoms with E-state index in [1.54, 1.807) is 17.7 Å². The number of nitrogens with zero attached hydrogens (tertiary/aromatic N) is 5. The molecule has 2 aromatic heterocycles. The van der Waals surface area contributed by atoms with Gasteiger partial charge in [0.15, 0.2) is 0 Å². The highest BCUT2D eigenvalue weighted by Gasteiger charge is 2.23. The Bertz CT molecular complexity index is 1420. The molecule has 2 aromatic carbocycles. The highest BCUT2D eigenvalue weighted by Crippen LogP contribution is 2.32. The lowest BCUT2D eigenvalue weighted by molar-refractivity contribution is 0.247. The summed E-state index contributed by atoms with van der Waals surface area (Å²) in [4.78, 5) is 27.5. The molecule has 0 aliphatic carbocycles. The Balaban J connectivity index is 1.15. The molecule has 2 aliphatic rings. The largest absolute Gasteiger partial charge is 0.368 e. The van der Waals surface area contributed by atoms with Gasteiger partial charge in [-0.15, -0.1) is 11.3 Å². The third-order valence-electron chi connectivity index (χ3n) is 7.47. The lowest BCUT2D eigenvalue weighted by Crippen LogP contribution is -2.47. The highest BCUT2D eigenvalue weighted by molar-refractivity contribution is 7.18. The lowest BCUT2D eigenvalue weighted by Gasteiger charge is -2.37. The predicted octanol–water partition coefficient (Wildman–Crippen LogP) is 3.73. The summed E-state index contributed by atoms with van der Waals surface area (Å²) in [5.41, 5.74) is 4.08. The van der Waals surface area contributed by atoms with Crippen LogP contribution in [0.3, 0.4) is 0 Å². The van der Waals surface area contributed by atoms with E-state index in [2.05, 4.69) is 70.1 Å². The first-order valence-corrected chi connectivity index (χ1v) is 13.0. The second-order valence-corrected chi connectivity index (χ2v) is 10.8. The topological polar surface area (TPSA) is 44.6 Å². The van der Waals surface area contributed by atoms with Gasteiger partial charge < -0.3 is 9.80 Å². The zero-order valence-corrected chi connectivity index (χ0v) is 20.8. The number of likely N-dealkylation sites (N-methyl/N-ethyl adjacent to an activating group) is 1. The van der Waals surface area contributed by atoms with Gasteiger partial charge in [-0.25, -0.2) is 4.98 Å². The first-order chi connectivity index (χ1) is 16.6. The molecule has 7 heteroatoms. The molecule has 0 spiro atoms. The summed E-state index contributed by atoms with van der Waals surface area (Å²) in [5.74, 6) is 0. The van der Waals surface area contributed by atoms with E-state index in [1.165, 1.54) is 32.5 Å². The number of anilines is 1. The summed E-state index contributed by atoms with van der Waals surface area (Å²) in [7, 11) is 2.14. The van der Waals surface area contributed by atoms with Gasteiger partial charge in [-0.05, 0) is 36.9 Å². The average molecular weight is 474 g/mol. The maximum atomic E-state index is 13.3. The Hall–Kier alpha value is -2.74. The molecule has 1 fully saturated rings. The van der Waals surface area contributed by atoms with Crippen LogP contribution < -0.4 is 10.5 Å². The van der Waals surface area contributed by atoms with Crippen LogP contribution in [0.25, 0.3) is 21.0 Å². The number of aromatic nitrogens is 2.